The molecule has 2 aliphatic carbocycles. The largest absolute Gasteiger partial charge is 0.393 e. The van der Waals surface area contributed by atoms with E-state index in [-0.39, 0.29) is 12.2 Å². The topological polar surface area (TPSA) is 40.5 Å². The zero-order chi connectivity index (χ0) is 20.0. The molecule has 2 aliphatic rings. The highest BCUT2D eigenvalue weighted by Crippen LogP contribution is 2.40. The third kappa shape index (κ3) is 6.51. The molecule has 0 aliphatic heterocycles. The van der Waals surface area contributed by atoms with Gasteiger partial charge in [-0.3, -0.25) is 0 Å². The molecule has 2 rings (SSSR count). The summed E-state index contributed by atoms with van der Waals surface area (Å²) in [7, 11) is 0. The summed E-state index contributed by atoms with van der Waals surface area (Å²) in [6.07, 6.45) is 6.67. The van der Waals surface area contributed by atoms with Gasteiger partial charge in [0.05, 0.1) is 12.2 Å². The predicted octanol–water partition coefficient (Wildman–Crippen LogP) is 6.15. The fourth-order valence-electron chi connectivity index (χ4n) is 5.50. The Labute approximate surface area is 164 Å². The van der Waals surface area contributed by atoms with Crippen molar-refractivity contribution in [3.8, 4) is 0 Å². The molecule has 10 atom stereocenters. The molecule has 26 heavy (non-hydrogen) atoms. The molecule has 0 aromatic carbocycles. The molecular weight excluding hydrogens is 320 g/mol. The van der Waals surface area contributed by atoms with Crippen LogP contribution >= 0.6 is 0 Å². The fourth-order valence-corrected chi connectivity index (χ4v) is 5.50. The molecule has 0 aromatic heterocycles. The van der Waals surface area contributed by atoms with Crippen molar-refractivity contribution >= 4 is 0 Å². The van der Waals surface area contributed by atoms with E-state index in [9.17, 15) is 10.2 Å². The quantitative estimate of drug-likeness (QED) is 0.624. The minimum Gasteiger partial charge on any atom is -0.393 e. The maximum absolute atomic E-state index is 9.81. The van der Waals surface area contributed by atoms with Gasteiger partial charge in [-0.05, 0) is 73.0 Å². The van der Waals surface area contributed by atoms with Crippen LogP contribution in [0.25, 0.3) is 0 Å². The second kappa shape index (κ2) is 11.1. The van der Waals surface area contributed by atoms with Gasteiger partial charge < -0.3 is 10.2 Å². The summed E-state index contributed by atoms with van der Waals surface area (Å²) >= 11 is 0. The van der Waals surface area contributed by atoms with Crippen LogP contribution in [-0.2, 0) is 0 Å². The zero-order valence-corrected chi connectivity index (χ0v) is 18.9. The van der Waals surface area contributed by atoms with Crippen molar-refractivity contribution in [2.45, 2.75) is 106 Å². The molecule has 2 nitrogen and oxygen atoms in total. The Morgan fingerprint density at radius 1 is 0.692 bits per heavy atom. The summed E-state index contributed by atoms with van der Waals surface area (Å²) in [5, 5.41) is 19.5. The maximum Gasteiger partial charge on any atom is 0.0568 e. The Bertz CT molecular complexity index is 382. The summed E-state index contributed by atoms with van der Waals surface area (Å²) in [4.78, 5) is 0. The second-order valence-electron chi connectivity index (χ2n) is 10.1. The predicted molar refractivity (Wildman–Crippen MR) is 113 cm³/mol. The number of aliphatic hydroxyl groups excluding tert-OH is 2. The van der Waals surface area contributed by atoms with Crippen LogP contribution in [0.15, 0.2) is 0 Å². The van der Waals surface area contributed by atoms with Crippen LogP contribution in [0.3, 0.4) is 0 Å². The van der Waals surface area contributed by atoms with Gasteiger partial charge in [0.2, 0.25) is 0 Å². The van der Waals surface area contributed by atoms with Crippen molar-refractivity contribution in [2.24, 2.45) is 47.3 Å². The van der Waals surface area contributed by atoms with E-state index in [1.807, 2.05) is 0 Å². The monoisotopic (exact) mass is 368 g/mol. The molecule has 0 saturated heterocycles. The second-order valence-corrected chi connectivity index (χ2v) is 10.1. The molecule has 0 aromatic rings. The average molecular weight is 369 g/mol. The Kier molecular flexibility index (Phi) is 10.2. The van der Waals surface area contributed by atoms with Crippen LogP contribution in [0, 0.1) is 47.3 Å². The van der Waals surface area contributed by atoms with E-state index < -0.39 is 0 Å². The molecule has 2 saturated carbocycles. The van der Waals surface area contributed by atoms with Gasteiger partial charge in [-0.1, -0.05) is 68.2 Å². The highest BCUT2D eigenvalue weighted by molar-refractivity contribution is 4.85. The van der Waals surface area contributed by atoms with Crippen molar-refractivity contribution in [3.63, 3.8) is 0 Å². The SMILES string of the molecule is CCC(C)C1CC(O)C(C)CC1C.CCC(C)C1CC(O)CC(C)C1C. The summed E-state index contributed by atoms with van der Waals surface area (Å²) in [5.74, 6) is 5.83. The third-order valence-electron chi connectivity index (χ3n) is 8.16. The summed E-state index contributed by atoms with van der Waals surface area (Å²) in [6.45, 7) is 18.3. The van der Waals surface area contributed by atoms with Gasteiger partial charge in [-0.25, -0.2) is 0 Å². The first kappa shape index (κ1) is 24.0. The Hall–Kier alpha value is -0.0800. The lowest BCUT2D eigenvalue weighted by atomic mass is 9.67. The van der Waals surface area contributed by atoms with E-state index in [2.05, 4.69) is 55.4 Å². The molecule has 0 heterocycles. The van der Waals surface area contributed by atoms with Crippen LogP contribution < -0.4 is 0 Å². The van der Waals surface area contributed by atoms with Crippen molar-refractivity contribution in [1.82, 2.24) is 0 Å². The first-order chi connectivity index (χ1) is 12.1. The minimum absolute atomic E-state index is 0.0369. The molecule has 156 valence electrons. The molecule has 2 fully saturated rings. The lowest BCUT2D eigenvalue weighted by Crippen LogP contribution is -2.35. The third-order valence-corrected chi connectivity index (χ3v) is 8.16. The van der Waals surface area contributed by atoms with Crippen LogP contribution in [0.4, 0.5) is 0 Å². The molecule has 2 heteroatoms. The summed E-state index contributed by atoms with van der Waals surface area (Å²) in [6, 6.07) is 0. The van der Waals surface area contributed by atoms with E-state index in [1.54, 1.807) is 0 Å². The van der Waals surface area contributed by atoms with Crippen molar-refractivity contribution in [3.05, 3.63) is 0 Å². The standard InChI is InChI=1S/2C12H24O/c1-5-8(2)12-7-11(13)6-9(3)10(12)4;1-5-8(2)11-7-12(13)10(4)6-9(11)3/h2*8-13H,5-7H2,1-4H3. The number of hydrogen-bond donors (Lipinski definition) is 2. The van der Waals surface area contributed by atoms with E-state index in [4.69, 9.17) is 0 Å². The molecule has 0 radical (unpaired) electrons. The molecule has 0 spiro atoms. The summed E-state index contributed by atoms with van der Waals surface area (Å²) in [5.41, 5.74) is 0. The average Bonchev–Trinajstić information content (AvgIpc) is 2.60. The van der Waals surface area contributed by atoms with Crippen molar-refractivity contribution in [1.29, 1.82) is 0 Å². The smallest absolute Gasteiger partial charge is 0.0568 e. The van der Waals surface area contributed by atoms with Gasteiger partial charge in [-0.15, -0.1) is 0 Å². The Balaban J connectivity index is 0.000000260. The van der Waals surface area contributed by atoms with Gasteiger partial charge in [0.15, 0.2) is 0 Å². The molecule has 0 amide bonds. The van der Waals surface area contributed by atoms with Crippen LogP contribution in [0.1, 0.15) is 93.9 Å². The van der Waals surface area contributed by atoms with Crippen molar-refractivity contribution < 1.29 is 10.2 Å². The first-order valence-corrected chi connectivity index (χ1v) is 11.5. The van der Waals surface area contributed by atoms with Crippen molar-refractivity contribution in [2.75, 3.05) is 0 Å². The van der Waals surface area contributed by atoms with Crippen LogP contribution in [0.2, 0.25) is 0 Å². The van der Waals surface area contributed by atoms with Gasteiger partial charge in [0.25, 0.3) is 0 Å². The fraction of sp³-hybridized carbons (Fsp3) is 1.00. The normalized spacial score (nSPS) is 43.2. The van der Waals surface area contributed by atoms with Gasteiger partial charge in [-0.2, -0.15) is 0 Å². The van der Waals surface area contributed by atoms with E-state index in [0.717, 1.165) is 54.8 Å². The van der Waals surface area contributed by atoms with Crippen LogP contribution in [0.5, 0.6) is 0 Å². The van der Waals surface area contributed by atoms with E-state index in [1.165, 1.54) is 19.3 Å². The van der Waals surface area contributed by atoms with Gasteiger partial charge in [0, 0.05) is 0 Å². The number of hydrogen-bond acceptors (Lipinski definition) is 2. The van der Waals surface area contributed by atoms with E-state index in [0.29, 0.717) is 11.8 Å². The zero-order valence-electron chi connectivity index (χ0n) is 18.9. The summed E-state index contributed by atoms with van der Waals surface area (Å²) < 4.78 is 0. The molecular formula is C24H48O2. The number of rotatable bonds is 4. The molecule has 10 unspecified atom stereocenters. The highest BCUT2D eigenvalue weighted by atomic mass is 16.3. The Morgan fingerprint density at radius 3 is 1.77 bits per heavy atom. The highest BCUT2D eigenvalue weighted by Gasteiger charge is 2.34. The minimum atomic E-state index is -0.0461. The number of aliphatic hydroxyl groups is 2. The van der Waals surface area contributed by atoms with Crippen LogP contribution in [-0.4, -0.2) is 22.4 Å². The van der Waals surface area contributed by atoms with E-state index >= 15 is 0 Å². The van der Waals surface area contributed by atoms with Gasteiger partial charge in [0.1, 0.15) is 0 Å². The molecule has 0 bridgehead atoms. The Morgan fingerprint density at radius 2 is 1.23 bits per heavy atom. The lowest BCUT2D eigenvalue weighted by Gasteiger charge is -2.40. The maximum atomic E-state index is 9.81. The first-order valence-electron chi connectivity index (χ1n) is 11.5. The lowest BCUT2D eigenvalue weighted by molar-refractivity contribution is 0.00941. The molecule has 2 N–H and O–H groups in total. The van der Waals surface area contributed by atoms with Gasteiger partial charge >= 0.3 is 0 Å².